The van der Waals surface area contributed by atoms with Crippen LogP contribution in [0.15, 0.2) is 0 Å². The fraction of sp³-hybridized carbons (Fsp3) is 0.750. The molecule has 2 fully saturated rings. The third-order valence-corrected chi connectivity index (χ3v) is 3.84. The standard InChI is InChI=1S/C12H19N3O3/c1-2-12(4-3-5-13-8-12)11(18)15-6-9(16)14-10(17)7-15/h13H,2-8H2,1H3,(H,14,16,17). The lowest BCUT2D eigenvalue weighted by Crippen LogP contribution is -2.59. The van der Waals surface area contributed by atoms with Gasteiger partial charge in [-0.05, 0) is 25.8 Å². The zero-order chi connectivity index (χ0) is 13.2. The molecule has 0 aromatic rings. The number of imide groups is 1. The fourth-order valence-electron chi connectivity index (χ4n) is 2.72. The van der Waals surface area contributed by atoms with E-state index in [4.69, 9.17) is 0 Å². The molecule has 2 N–H and O–H groups in total. The van der Waals surface area contributed by atoms with Crippen molar-refractivity contribution in [2.75, 3.05) is 26.2 Å². The number of hydrogen-bond donors (Lipinski definition) is 2. The van der Waals surface area contributed by atoms with Crippen molar-refractivity contribution in [2.24, 2.45) is 5.41 Å². The molecular formula is C12H19N3O3. The normalized spacial score (nSPS) is 29.1. The highest BCUT2D eigenvalue weighted by Gasteiger charge is 2.42. The summed E-state index contributed by atoms with van der Waals surface area (Å²) in [5.41, 5.74) is -0.448. The summed E-state index contributed by atoms with van der Waals surface area (Å²) in [6.07, 6.45) is 2.50. The van der Waals surface area contributed by atoms with E-state index in [1.807, 2.05) is 6.92 Å². The van der Waals surface area contributed by atoms with Crippen LogP contribution in [0.5, 0.6) is 0 Å². The van der Waals surface area contributed by atoms with E-state index >= 15 is 0 Å². The Labute approximate surface area is 106 Å². The molecule has 6 heteroatoms. The molecule has 2 saturated heterocycles. The van der Waals surface area contributed by atoms with Crippen LogP contribution in [0.3, 0.4) is 0 Å². The number of nitrogens with one attached hydrogen (secondary N) is 2. The van der Waals surface area contributed by atoms with Gasteiger partial charge in [-0.1, -0.05) is 6.92 Å². The van der Waals surface area contributed by atoms with E-state index in [1.54, 1.807) is 0 Å². The van der Waals surface area contributed by atoms with Gasteiger partial charge in [0.25, 0.3) is 0 Å². The van der Waals surface area contributed by atoms with E-state index in [0.29, 0.717) is 6.54 Å². The molecule has 2 aliphatic heterocycles. The first-order valence-electron chi connectivity index (χ1n) is 6.40. The molecule has 2 rings (SSSR count). The van der Waals surface area contributed by atoms with Crippen LogP contribution < -0.4 is 10.6 Å². The molecule has 18 heavy (non-hydrogen) atoms. The zero-order valence-corrected chi connectivity index (χ0v) is 10.6. The first-order valence-corrected chi connectivity index (χ1v) is 6.40. The lowest BCUT2D eigenvalue weighted by Gasteiger charge is -2.40. The van der Waals surface area contributed by atoms with Crippen molar-refractivity contribution in [1.82, 2.24) is 15.5 Å². The van der Waals surface area contributed by atoms with Crippen molar-refractivity contribution >= 4 is 17.7 Å². The maximum Gasteiger partial charge on any atom is 0.246 e. The minimum Gasteiger partial charge on any atom is -0.324 e. The summed E-state index contributed by atoms with van der Waals surface area (Å²) in [6, 6.07) is 0. The molecule has 0 aromatic heterocycles. The minimum atomic E-state index is -0.448. The van der Waals surface area contributed by atoms with Gasteiger partial charge in [0.05, 0.1) is 5.41 Å². The number of nitrogens with zero attached hydrogens (tertiary/aromatic N) is 1. The molecule has 1 unspecified atom stereocenters. The summed E-state index contributed by atoms with van der Waals surface area (Å²) in [5, 5.41) is 5.45. The van der Waals surface area contributed by atoms with Crippen molar-refractivity contribution in [3.8, 4) is 0 Å². The maximum absolute atomic E-state index is 12.6. The van der Waals surface area contributed by atoms with Gasteiger partial charge in [-0.25, -0.2) is 0 Å². The number of amides is 3. The van der Waals surface area contributed by atoms with E-state index in [0.717, 1.165) is 25.8 Å². The van der Waals surface area contributed by atoms with E-state index in [9.17, 15) is 14.4 Å². The molecule has 0 bridgehead atoms. The van der Waals surface area contributed by atoms with Gasteiger partial charge in [0.15, 0.2) is 0 Å². The minimum absolute atomic E-state index is 0.00762. The second kappa shape index (κ2) is 5.06. The van der Waals surface area contributed by atoms with Crippen LogP contribution in [-0.4, -0.2) is 48.8 Å². The van der Waals surface area contributed by atoms with Crippen LogP contribution >= 0.6 is 0 Å². The van der Waals surface area contributed by atoms with Gasteiger partial charge < -0.3 is 10.2 Å². The Hall–Kier alpha value is -1.43. The Morgan fingerprint density at radius 1 is 1.33 bits per heavy atom. The molecule has 0 aliphatic carbocycles. The SMILES string of the molecule is CCC1(C(=O)N2CC(=O)NC(=O)C2)CCCNC1. The number of piperazine rings is 1. The van der Waals surface area contributed by atoms with Crippen LogP contribution in [-0.2, 0) is 14.4 Å². The number of carbonyl (C=O) groups is 3. The van der Waals surface area contributed by atoms with Gasteiger partial charge in [-0.15, -0.1) is 0 Å². The fourth-order valence-corrected chi connectivity index (χ4v) is 2.72. The number of carbonyl (C=O) groups excluding carboxylic acids is 3. The summed E-state index contributed by atoms with van der Waals surface area (Å²) in [5.74, 6) is -0.857. The van der Waals surface area contributed by atoms with E-state index in [-0.39, 0.29) is 19.0 Å². The van der Waals surface area contributed by atoms with Crippen LogP contribution in [0.2, 0.25) is 0 Å². The van der Waals surface area contributed by atoms with Gasteiger partial charge >= 0.3 is 0 Å². The van der Waals surface area contributed by atoms with E-state index in [2.05, 4.69) is 10.6 Å². The summed E-state index contributed by atoms with van der Waals surface area (Å²) in [7, 11) is 0. The van der Waals surface area contributed by atoms with Crippen LogP contribution in [0, 0.1) is 5.41 Å². The molecule has 1 atom stereocenters. The lowest BCUT2D eigenvalue weighted by molar-refractivity contribution is -0.152. The van der Waals surface area contributed by atoms with Crippen LogP contribution in [0.25, 0.3) is 0 Å². The molecule has 2 aliphatic rings. The monoisotopic (exact) mass is 253 g/mol. The highest BCUT2D eigenvalue weighted by molar-refractivity contribution is 6.03. The predicted molar refractivity (Wildman–Crippen MR) is 64.6 cm³/mol. The maximum atomic E-state index is 12.6. The van der Waals surface area contributed by atoms with Gasteiger partial charge in [0.2, 0.25) is 17.7 Å². The predicted octanol–water partition coefficient (Wildman–Crippen LogP) is -0.749. The summed E-state index contributed by atoms with van der Waals surface area (Å²) >= 11 is 0. The molecule has 2 heterocycles. The van der Waals surface area contributed by atoms with E-state index < -0.39 is 17.2 Å². The lowest BCUT2D eigenvalue weighted by atomic mass is 9.77. The Balaban J connectivity index is 2.13. The molecule has 0 radical (unpaired) electrons. The number of rotatable bonds is 2. The van der Waals surface area contributed by atoms with E-state index in [1.165, 1.54) is 4.90 Å². The number of piperidine rings is 1. The first-order chi connectivity index (χ1) is 8.57. The average molecular weight is 253 g/mol. The Kier molecular flexibility index (Phi) is 3.65. The van der Waals surface area contributed by atoms with Crippen molar-refractivity contribution in [3.63, 3.8) is 0 Å². The first kappa shape index (κ1) is 13.0. The summed E-state index contributed by atoms with van der Waals surface area (Å²) in [4.78, 5) is 36.6. The highest BCUT2D eigenvalue weighted by atomic mass is 16.2. The zero-order valence-electron chi connectivity index (χ0n) is 10.6. The molecular weight excluding hydrogens is 234 g/mol. The summed E-state index contributed by atoms with van der Waals surface area (Å²) < 4.78 is 0. The summed E-state index contributed by atoms with van der Waals surface area (Å²) in [6.45, 7) is 3.53. The molecule has 0 saturated carbocycles. The largest absolute Gasteiger partial charge is 0.324 e. The van der Waals surface area contributed by atoms with Crippen LogP contribution in [0.1, 0.15) is 26.2 Å². The van der Waals surface area contributed by atoms with Crippen LogP contribution in [0.4, 0.5) is 0 Å². The molecule has 3 amide bonds. The second-order valence-corrected chi connectivity index (χ2v) is 5.05. The van der Waals surface area contributed by atoms with Gasteiger partial charge in [0.1, 0.15) is 13.1 Å². The quantitative estimate of drug-likeness (QED) is 0.635. The Morgan fingerprint density at radius 2 is 2.00 bits per heavy atom. The smallest absolute Gasteiger partial charge is 0.246 e. The van der Waals surface area contributed by atoms with Gasteiger partial charge in [-0.2, -0.15) is 0 Å². The van der Waals surface area contributed by atoms with Gasteiger partial charge in [-0.3, -0.25) is 19.7 Å². The van der Waals surface area contributed by atoms with Gasteiger partial charge in [0, 0.05) is 6.54 Å². The Morgan fingerprint density at radius 3 is 2.50 bits per heavy atom. The Bertz CT molecular complexity index is 359. The topological polar surface area (TPSA) is 78.5 Å². The van der Waals surface area contributed by atoms with Crippen molar-refractivity contribution < 1.29 is 14.4 Å². The molecule has 6 nitrogen and oxygen atoms in total. The third kappa shape index (κ3) is 2.38. The van der Waals surface area contributed by atoms with Crippen molar-refractivity contribution in [2.45, 2.75) is 26.2 Å². The highest BCUT2D eigenvalue weighted by Crippen LogP contribution is 2.32. The third-order valence-electron chi connectivity index (χ3n) is 3.84. The average Bonchev–Trinajstić information content (AvgIpc) is 2.37. The second-order valence-electron chi connectivity index (χ2n) is 5.05. The molecule has 100 valence electrons. The van der Waals surface area contributed by atoms with Crippen molar-refractivity contribution in [3.05, 3.63) is 0 Å². The number of hydrogen-bond acceptors (Lipinski definition) is 4. The molecule has 0 spiro atoms. The molecule has 0 aromatic carbocycles. The van der Waals surface area contributed by atoms with Crippen molar-refractivity contribution in [1.29, 1.82) is 0 Å².